The molecule has 10 heteroatoms. The van der Waals surface area contributed by atoms with Crippen LogP contribution in [0.3, 0.4) is 0 Å². The van der Waals surface area contributed by atoms with E-state index < -0.39 is 10.0 Å². The average molecular weight is 363 g/mol. The van der Waals surface area contributed by atoms with Gasteiger partial charge in [0, 0.05) is 30.5 Å². The first kappa shape index (κ1) is 16.1. The molecule has 0 atom stereocenters. The van der Waals surface area contributed by atoms with Gasteiger partial charge in [-0.25, -0.2) is 13.4 Å². The summed E-state index contributed by atoms with van der Waals surface area (Å²) in [6.07, 6.45) is 3.04. The van der Waals surface area contributed by atoms with Crippen LogP contribution in [0.5, 0.6) is 0 Å². The van der Waals surface area contributed by atoms with Gasteiger partial charge in [0.05, 0.1) is 4.90 Å². The smallest absolute Gasteiger partial charge is 0.273 e. The van der Waals surface area contributed by atoms with Crippen molar-refractivity contribution < 1.29 is 13.2 Å². The maximum atomic E-state index is 12.2. The predicted molar refractivity (Wildman–Crippen MR) is 90.5 cm³/mol. The Kier molecular flexibility index (Phi) is 4.32. The molecule has 124 valence electrons. The molecule has 8 nitrogen and oxygen atoms in total. The quantitative estimate of drug-likeness (QED) is 0.720. The van der Waals surface area contributed by atoms with Crippen molar-refractivity contribution in [2.75, 3.05) is 10.0 Å². The number of rotatable bonds is 5. The first-order valence-corrected chi connectivity index (χ1v) is 9.14. The summed E-state index contributed by atoms with van der Waals surface area (Å²) in [6, 6.07) is 7.45. The Labute approximate surface area is 142 Å². The van der Waals surface area contributed by atoms with E-state index in [0.717, 1.165) is 0 Å². The van der Waals surface area contributed by atoms with Gasteiger partial charge in [-0.2, -0.15) is 5.10 Å². The van der Waals surface area contributed by atoms with Crippen molar-refractivity contribution in [3.05, 3.63) is 53.8 Å². The molecule has 3 aromatic rings. The maximum Gasteiger partial charge on any atom is 0.273 e. The number of anilines is 2. The van der Waals surface area contributed by atoms with E-state index in [1.165, 1.54) is 52.7 Å². The van der Waals surface area contributed by atoms with Gasteiger partial charge < -0.3 is 5.32 Å². The van der Waals surface area contributed by atoms with Crippen molar-refractivity contribution in [3.8, 4) is 0 Å². The van der Waals surface area contributed by atoms with Crippen LogP contribution in [0.4, 0.5) is 10.8 Å². The Morgan fingerprint density at radius 1 is 1.17 bits per heavy atom. The third-order valence-electron chi connectivity index (χ3n) is 3.13. The SMILES string of the molecule is Cn1nccc1C(=O)Nc1ccc(S(=O)(=O)Nc2nccs2)cc1. The summed E-state index contributed by atoms with van der Waals surface area (Å²) in [5.41, 5.74) is 0.881. The topological polar surface area (TPSA) is 106 Å². The number of amides is 1. The molecular formula is C14H13N5O3S2. The molecule has 0 aliphatic carbocycles. The summed E-state index contributed by atoms with van der Waals surface area (Å²) in [7, 11) is -2.05. The Balaban J connectivity index is 1.73. The highest BCUT2D eigenvalue weighted by Crippen LogP contribution is 2.19. The molecule has 0 aliphatic heterocycles. The molecule has 24 heavy (non-hydrogen) atoms. The monoisotopic (exact) mass is 363 g/mol. The molecule has 0 spiro atoms. The zero-order valence-electron chi connectivity index (χ0n) is 12.5. The van der Waals surface area contributed by atoms with Crippen LogP contribution in [0, 0.1) is 0 Å². The standard InChI is InChI=1S/C14H13N5O3S2/c1-19-12(6-7-16-19)13(20)17-10-2-4-11(5-3-10)24(21,22)18-14-15-8-9-23-14/h2-9H,1H3,(H,15,18)(H,17,20). The fraction of sp³-hybridized carbons (Fsp3) is 0.0714. The van der Waals surface area contributed by atoms with Crippen LogP contribution < -0.4 is 10.0 Å². The van der Waals surface area contributed by atoms with Crippen LogP contribution in [0.15, 0.2) is 53.0 Å². The van der Waals surface area contributed by atoms with E-state index in [9.17, 15) is 13.2 Å². The Bertz CT molecular complexity index is 947. The maximum absolute atomic E-state index is 12.2. The van der Waals surface area contributed by atoms with Crippen LogP contribution in [0.1, 0.15) is 10.5 Å². The van der Waals surface area contributed by atoms with E-state index in [-0.39, 0.29) is 10.8 Å². The van der Waals surface area contributed by atoms with Crippen LogP contribution in [-0.4, -0.2) is 29.1 Å². The van der Waals surface area contributed by atoms with Gasteiger partial charge in [-0.3, -0.25) is 14.2 Å². The van der Waals surface area contributed by atoms with Gasteiger partial charge >= 0.3 is 0 Å². The van der Waals surface area contributed by atoms with Crippen LogP contribution >= 0.6 is 11.3 Å². The number of hydrogen-bond donors (Lipinski definition) is 2. The van der Waals surface area contributed by atoms with Crippen LogP contribution in [0.25, 0.3) is 0 Å². The van der Waals surface area contributed by atoms with Gasteiger partial charge in [-0.15, -0.1) is 11.3 Å². The number of thiazole rings is 1. The van der Waals surface area contributed by atoms with Gasteiger partial charge in [-0.1, -0.05) is 0 Å². The minimum atomic E-state index is -3.71. The fourth-order valence-corrected chi connectivity index (χ4v) is 3.75. The summed E-state index contributed by atoms with van der Waals surface area (Å²) in [4.78, 5) is 16.0. The Hall–Kier alpha value is -2.72. The molecule has 3 rings (SSSR count). The molecule has 0 unspecified atom stereocenters. The fourth-order valence-electron chi connectivity index (χ4n) is 1.96. The zero-order valence-corrected chi connectivity index (χ0v) is 14.1. The van der Waals surface area contributed by atoms with Crippen molar-refractivity contribution in [2.45, 2.75) is 4.90 Å². The molecule has 0 saturated carbocycles. The Morgan fingerprint density at radius 3 is 2.50 bits per heavy atom. The van der Waals surface area contributed by atoms with Crippen molar-refractivity contribution in [1.82, 2.24) is 14.8 Å². The van der Waals surface area contributed by atoms with Crippen molar-refractivity contribution in [2.24, 2.45) is 7.05 Å². The van der Waals surface area contributed by atoms with E-state index in [0.29, 0.717) is 16.5 Å². The lowest BCUT2D eigenvalue weighted by Crippen LogP contribution is -2.16. The van der Waals surface area contributed by atoms with Crippen LogP contribution in [0.2, 0.25) is 0 Å². The summed E-state index contributed by atoms with van der Waals surface area (Å²) >= 11 is 1.19. The number of aromatic nitrogens is 3. The normalized spacial score (nSPS) is 11.2. The van der Waals surface area contributed by atoms with Crippen molar-refractivity contribution in [1.29, 1.82) is 0 Å². The van der Waals surface area contributed by atoms with Gasteiger partial charge in [0.15, 0.2) is 5.13 Å². The molecule has 0 saturated heterocycles. The van der Waals surface area contributed by atoms with Gasteiger partial charge in [0.1, 0.15) is 5.69 Å². The summed E-state index contributed by atoms with van der Waals surface area (Å²) in [6.45, 7) is 0. The number of aryl methyl sites for hydroxylation is 1. The highest BCUT2D eigenvalue weighted by atomic mass is 32.2. The lowest BCUT2D eigenvalue weighted by molar-refractivity contribution is 0.101. The minimum Gasteiger partial charge on any atom is -0.321 e. The molecule has 0 radical (unpaired) electrons. The number of hydrogen-bond acceptors (Lipinski definition) is 6. The number of nitrogens with zero attached hydrogens (tertiary/aromatic N) is 3. The first-order valence-electron chi connectivity index (χ1n) is 6.77. The second-order valence-electron chi connectivity index (χ2n) is 4.76. The van der Waals surface area contributed by atoms with Crippen molar-refractivity contribution in [3.63, 3.8) is 0 Å². The van der Waals surface area contributed by atoms with Crippen LogP contribution in [-0.2, 0) is 17.1 Å². The number of carbonyl (C=O) groups excluding carboxylic acids is 1. The number of sulfonamides is 1. The molecule has 1 amide bonds. The van der Waals surface area contributed by atoms with E-state index in [2.05, 4.69) is 20.1 Å². The molecule has 0 aliphatic rings. The molecule has 1 aromatic carbocycles. The molecule has 2 heterocycles. The molecular weight excluding hydrogens is 350 g/mol. The molecule has 0 fully saturated rings. The highest BCUT2D eigenvalue weighted by molar-refractivity contribution is 7.93. The molecule has 0 bridgehead atoms. The number of carbonyl (C=O) groups is 1. The number of nitrogens with one attached hydrogen (secondary N) is 2. The zero-order chi connectivity index (χ0) is 17.2. The average Bonchev–Trinajstić information content (AvgIpc) is 3.19. The van der Waals surface area contributed by atoms with E-state index in [1.807, 2.05) is 0 Å². The third kappa shape index (κ3) is 3.44. The second kappa shape index (κ2) is 6.42. The lowest BCUT2D eigenvalue weighted by atomic mass is 10.3. The minimum absolute atomic E-state index is 0.0798. The number of benzene rings is 1. The molecule has 2 aromatic heterocycles. The van der Waals surface area contributed by atoms with Crippen molar-refractivity contribution >= 4 is 38.1 Å². The largest absolute Gasteiger partial charge is 0.321 e. The summed E-state index contributed by atoms with van der Waals surface area (Å²) < 4.78 is 28.3. The Morgan fingerprint density at radius 2 is 1.92 bits per heavy atom. The first-order chi connectivity index (χ1) is 11.5. The lowest BCUT2D eigenvalue weighted by Gasteiger charge is -2.08. The van der Waals surface area contributed by atoms with E-state index >= 15 is 0 Å². The summed E-state index contributed by atoms with van der Waals surface area (Å²) in [5.74, 6) is -0.327. The third-order valence-corrected chi connectivity index (χ3v) is 5.30. The van der Waals surface area contributed by atoms with Gasteiger partial charge in [0.2, 0.25) is 0 Å². The highest BCUT2D eigenvalue weighted by Gasteiger charge is 2.16. The molecule has 2 N–H and O–H groups in total. The van der Waals surface area contributed by atoms with Gasteiger partial charge in [-0.05, 0) is 30.3 Å². The summed E-state index contributed by atoms with van der Waals surface area (Å²) in [5, 5.41) is 8.58. The second-order valence-corrected chi connectivity index (χ2v) is 7.34. The van der Waals surface area contributed by atoms with Gasteiger partial charge in [0.25, 0.3) is 15.9 Å². The predicted octanol–water partition coefficient (Wildman–Crippen LogP) is 1.93. The van der Waals surface area contributed by atoms with E-state index in [4.69, 9.17) is 0 Å². The van der Waals surface area contributed by atoms with E-state index in [1.54, 1.807) is 18.5 Å².